The first-order chi connectivity index (χ1) is 8.77. The number of ether oxygens (including phenoxy) is 1. The van der Waals surface area contributed by atoms with Crippen LogP contribution < -0.4 is 4.90 Å². The van der Waals surface area contributed by atoms with Crippen LogP contribution in [0.1, 0.15) is 13.3 Å². The van der Waals surface area contributed by atoms with Crippen LogP contribution in [-0.2, 0) is 4.74 Å². The summed E-state index contributed by atoms with van der Waals surface area (Å²) in [6, 6.07) is 11.9. The number of hydrogen-bond acceptors (Lipinski definition) is 4. The van der Waals surface area contributed by atoms with E-state index in [9.17, 15) is 5.11 Å². The molecule has 0 aliphatic rings. The molecule has 0 aliphatic carbocycles. The molecule has 0 amide bonds. The average Bonchev–Trinajstić information content (AvgIpc) is 2.42. The van der Waals surface area contributed by atoms with Crippen LogP contribution in [0.15, 0.2) is 30.3 Å². The Morgan fingerprint density at radius 3 is 2.72 bits per heavy atom. The smallest absolute Gasteiger partial charge is 0.0947 e. The second-order valence-corrected chi connectivity index (χ2v) is 4.00. The molecule has 0 saturated carbocycles. The fraction of sp³-hybridized carbons (Fsp3) is 0.500. The third kappa shape index (κ3) is 5.17. The lowest BCUT2D eigenvalue weighted by Gasteiger charge is -2.26. The number of aliphatic hydroxyl groups excluding tert-OH is 1. The van der Waals surface area contributed by atoms with Gasteiger partial charge in [-0.15, -0.1) is 0 Å². The van der Waals surface area contributed by atoms with Crippen molar-refractivity contribution in [2.45, 2.75) is 19.4 Å². The summed E-state index contributed by atoms with van der Waals surface area (Å²) in [5, 5.41) is 18.5. The maximum absolute atomic E-state index is 9.86. The Morgan fingerprint density at radius 2 is 2.11 bits per heavy atom. The Hall–Kier alpha value is -1.57. The van der Waals surface area contributed by atoms with Gasteiger partial charge < -0.3 is 14.7 Å². The molecule has 0 saturated heterocycles. The van der Waals surface area contributed by atoms with Crippen molar-refractivity contribution in [3.05, 3.63) is 30.3 Å². The molecule has 0 heterocycles. The lowest BCUT2D eigenvalue weighted by Crippen LogP contribution is -2.35. The van der Waals surface area contributed by atoms with Gasteiger partial charge >= 0.3 is 0 Å². The summed E-state index contributed by atoms with van der Waals surface area (Å²) >= 11 is 0. The van der Waals surface area contributed by atoms with Crippen molar-refractivity contribution in [3.8, 4) is 6.07 Å². The maximum Gasteiger partial charge on any atom is 0.0947 e. The Kier molecular flexibility index (Phi) is 6.85. The Morgan fingerprint density at radius 1 is 1.39 bits per heavy atom. The SMILES string of the molecule is CCOCC(O)CN(CCC#N)c1ccccc1. The highest BCUT2D eigenvalue weighted by Gasteiger charge is 2.12. The minimum Gasteiger partial charge on any atom is -0.389 e. The predicted octanol–water partition coefficient (Wildman–Crippen LogP) is 1.80. The zero-order valence-electron chi connectivity index (χ0n) is 10.7. The van der Waals surface area contributed by atoms with E-state index in [1.54, 1.807) is 0 Å². The van der Waals surface area contributed by atoms with Crippen LogP contribution in [0.5, 0.6) is 0 Å². The van der Waals surface area contributed by atoms with E-state index in [1.165, 1.54) is 0 Å². The molecule has 0 aliphatic heterocycles. The zero-order valence-corrected chi connectivity index (χ0v) is 10.7. The van der Waals surface area contributed by atoms with E-state index in [2.05, 4.69) is 6.07 Å². The van der Waals surface area contributed by atoms with Gasteiger partial charge in [0.05, 0.1) is 25.2 Å². The Bertz CT molecular complexity index is 362. The molecular formula is C14H20N2O2. The molecule has 0 spiro atoms. The first kappa shape index (κ1) is 14.5. The summed E-state index contributed by atoms with van der Waals surface area (Å²) in [5.41, 5.74) is 1.02. The largest absolute Gasteiger partial charge is 0.389 e. The third-order valence-corrected chi connectivity index (χ3v) is 2.56. The minimum absolute atomic E-state index is 0.326. The second-order valence-electron chi connectivity index (χ2n) is 4.00. The van der Waals surface area contributed by atoms with Crippen molar-refractivity contribution in [2.24, 2.45) is 0 Å². The molecule has 18 heavy (non-hydrogen) atoms. The molecular weight excluding hydrogens is 228 g/mol. The number of aliphatic hydroxyl groups is 1. The van der Waals surface area contributed by atoms with Crippen molar-refractivity contribution < 1.29 is 9.84 Å². The summed E-state index contributed by atoms with van der Waals surface area (Å²) in [5.74, 6) is 0. The van der Waals surface area contributed by atoms with Crippen molar-refractivity contribution >= 4 is 5.69 Å². The maximum atomic E-state index is 9.86. The predicted molar refractivity (Wildman–Crippen MR) is 71.4 cm³/mol. The monoisotopic (exact) mass is 248 g/mol. The van der Waals surface area contributed by atoms with Gasteiger partial charge in [0.1, 0.15) is 0 Å². The fourth-order valence-electron chi connectivity index (χ4n) is 1.71. The molecule has 98 valence electrons. The third-order valence-electron chi connectivity index (χ3n) is 2.56. The summed E-state index contributed by atoms with van der Waals surface area (Å²) in [6.07, 6.45) is -0.0974. The fourth-order valence-corrected chi connectivity index (χ4v) is 1.71. The van der Waals surface area contributed by atoms with Gasteiger partial charge in [-0.25, -0.2) is 0 Å². The second kappa shape index (κ2) is 8.51. The van der Waals surface area contributed by atoms with E-state index in [-0.39, 0.29) is 0 Å². The van der Waals surface area contributed by atoms with Crippen molar-refractivity contribution in [3.63, 3.8) is 0 Å². The van der Waals surface area contributed by atoms with Crippen LogP contribution in [0.2, 0.25) is 0 Å². The Balaban J connectivity index is 2.59. The van der Waals surface area contributed by atoms with Crippen LogP contribution in [0.3, 0.4) is 0 Å². The first-order valence-electron chi connectivity index (χ1n) is 6.20. The summed E-state index contributed by atoms with van der Waals surface area (Å²) in [6.45, 7) is 3.92. The molecule has 1 aromatic rings. The highest BCUT2D eigenvalue weighted by Crippen LogP contribution is 2.14. The normalized spacial score (nSPS) is 11.8. The quantitative estimate of drug-likeness (QED) is 0.762. The van der Waals surface area contributed by atoms with Crippen molar-refractivity contribution in [2.75, 3.05) is 31.2 Å². The van der Waals surface area contributed by atoms with Crippen LogP contribution in [0.4, 0.5) is 5.69 Å². The van der Waals surface area contributed by atoms with Gasteiger partial charge in [0.15, 0.2) is 0 Å². The minimum atomic E-state index is -0.538. The van der Waals surface area contributed by atoms with Crippen molar-refractivity contribution in [1.29, 1.82) is 5.26 Å². The molecule has 1 atom stereocenters. The van der Waals surface area contributed by atoms with E-state index >= 15 is 0 Å². The lowest BCUT2D eigenvalue weighted by atomic mass is 10.2. The van der Waals surface area contributed by atoms with Gasteiger partial charge in [0.25, 0.3) is 0 Å². The van der Waals surface area contributed by atoms with Gasteiger partial charge in [0.2, 0.25) is 0 Å². The number of hydrogen-bond donors (Lipinski definition) is 1. The first-order valence-corrected chi connectivity index (χ1v) is 6.20. The molecule has 0 bridgehead atoms. The lowest BCUT2D eigenvalue weighted by molar-refractivity contribution is 0.0464. The Labute approximate surface area is 108 Å². The molecule has 1 unspecified atom stereocenters. The van der Waals surface area contributed by atoms with Gasteiger partial charge in [-0.2, -0.15) is 5.26 Å². The zero-order chi connectivity index (χ0) is 13.2. The molecule has 0 fully saturated rings. The van der Waals surface area contributed by atoms with Crippen LogP contribution in [-0.4, -0.2) is 37.5 Å². The molecule has 1 aromatic carbocycles. The summed E-state index contributed by atoms with van der Waals surface area (Å²) < 4.78 is 5.19. The van der Waals surface area contributed by atoms with E-state index < -0.39 is 6.10 Å². The number of anilines is 1. The molecule has 0 aromatic heterocycles. The highest BCUT2D eigenvalue weighted by atomic mass is 16.5. The van der Waals surface area contributed by atoms with Crippen LogP contribution >= 0.6 is 0 Å². The average molecular weight is 248 g/mol. The van der Waals surface area contributed by atoms with E-state index in [4.69, 9.17) is 10.00 Å². The number of nitrogens with zero attached hydrogens (tertiary/aromatic N) is 2. The number of rotatable bonds is 8. The topological polar surface area (TPSA) is 56.5 Å². The summed E-state index contributed by atoms with van der Waals surface area (Å²) in [4.78, 5) is 2.01. The molecule has 4 heteroatoms. The van der Waals surface area contributed by atoms with E-state index in [0.29, 0.717) is 32.7 Å². The van der Waals surface area contributed by atoms with Gasteiger partial charge in [-0.05, 0) is 19.1 Å². The van der Waals surface area contributed by atoms with Gasteiger partial charge in [-0.3, -0.25) is 0 Å². The van der Waals surface area contributed by atoms with Crippen LogP contribution in [0, 0.1) is 11.3 Å². The van der Waals surface area contributed by atoms with Gasteiger partial charge in [0, 0.05) is 25.4 Å². The van der Waals surface area contributed by atoms with E-state index in [0.717, 1.165) is 5.69 Å². The molecule has 1 rings (SSSR count). The summed E-state index contributed by atoms with van der Waals surface area (Å²) in [7, 11) is 0. The number of para-hydroxylation sites is 1. The van der Waals surface area contributed by atoms with Crippen molar-refractivity contribution in [1.82, 2.24) is 0 Å². The highest BCUT2D eigenvalue weighted by molar-refractivity contribution is 5.46. The number of benzene rings is 1. The van der Waals surface area contributed by atoms with E-state index in [1.807, 2.05) is 42.2 Å². The van der Waals surface area contributed by atoms with Gasteiger partial charge in [-0.1, -0.05) is 18.2 Å². The van der Waals surface area contributed by atoms with Crippen LogP contribution in [0.25, 0.3) is 0 Å². The molecule has 1 N–H and O–H groups in total. The molecule has 0 radical (unpaired) electrons. The molecule has 4 nitrogen and oxygen atoms in total. The standard InChI is InChI=1S/C14H20N2O2/c1-2-18-12-14(17)11-16(10-6-9-15)13-7-4-3-5-8-13/h3-5,7-8,14,17H,2,6,10-12H2,1H3. The number of nitriles is 1.